The number of para-hydroxylation sites is 1. The molecule has 0 spiro atoms. The molecular weight excluding hydrogens is 224 g/mol. The molecule has 1 unspecified atom stereocenters. The molecule has 3 heteroatoms. The van der Waals surface area contributed by atoms with Gasteiger partial charge in [-0.3, -0.25) is 4.98 Å². The molecule has 3 rings (SSSR count). The van der Waals surface area contributed by atoms with E-state index in [4.69, 9.17) is 4.74 Å². The highest BCUT2D eigenvalue weighted by Crippen LogP contribution is 2.23. The van der Waals surface area contributed by atoms with Gasteiger partial charge in [-0.15, -0.1) is 0 Å². The van der Waals surface area contributed by atoms with Crippen LogP contribution in [0.1, 0.15) is 11.1 Å². The highest BCUT2D eigenvalue weighted by Gasteiger charge is 2.18. The molecule has 3 nitrogen and oxygen atoms in total. The molecule has 0 aliphatic carbocycles. The summed E-state index contributed by atoms with van der Waals surface area (Å²) in [6, 6.07) is 12.7. The third-order valence-electron chi connectivity index (χ3n) is 3.22. The van der Waals surface area contributed by atoms with E-state index in [0.29, 0.717) is 6.04 Å². The van der Waals surface area contributed by atoms with Gasteiger partial charge in [-0.25, -0.2) is 0 Å². The first-order chi connectivity index (χ1) is 8.92. The van der Waals surface area contributed by atoms with Crippen molar-refractivity contribution in [2.45, 2.75) is 19.0 Å². The molecule has 1 N–H and O–H groups in total. The number of pyridine rings is 1. The average molecular weight is 240 g/mol. The topological polar surface area (TPSA) is 34.2 Å². The smallest absolute Gasteiger partial charge is 0.122 e. The summed E-state index contributed by atoms with van der Waals surface area (Å²) in [5.74, 6) is 1.03. The number of nitrogens with one attached hydrogen (secondary N) is 1. The minimum absolute atomic E-state index is 0.382. The molecular formula is C15H16N2O. The molecule has 92 valence electrons. The monoisotopic (exact) mass is 240 g/mol. The molecule has 2 heterocycles. The van der Waals surface area contributed by atoms with Crippen LogP contribution in [0.3, 0.4) is 0 Å². The number of ether oxygens (including phenoxy) is 1. The summed E-state index contributed by atoms with van der Waals surface area (Å²) in [6.07, 6.45) is 4.68. The van der Waals surface area contributed by atoms with Gasteiger partial charge in [-0.2, -0.15) is 0 Å². The van der Waals surface area contributed by atoms with Crippen molar-refractivity contribution < 1.29 is 4.74 Å². The van der Waals surface area contributed by atoms with E-state index < -0.39 is 0 Å². The second-order valence-electron chi connectivity index (χ2n) is 4.56. The second-order valence-corrected chi connectivity index (χ2v) is 4.56. The van der Waals surface area contributed by atoms with Crippen LogP contribution in [0.2, 0.25) is 0 Å². The van der Waals surface area contributed by atoms with Crippen LogP contribution < -0.4 is 10.1 Å². The fourth-order valence-electron chi connectivity index (χ4n) is 2.22. The van der Waals surface area contributed by atoms with Crippen molar-refractivity contribution in [2.24, 2.45) is 0 Å². The van der Waals surface area contributed by atoms with Gasteiger partial charge in [0.1, 0.15) is 12.4 Å². The van der Waals surface area contributed by atoms with Crippen molar-refractivity contribution in [3.8, 4) is 5.75 Å². The SMILES string of the molecule is c1ccc2c(c1)CC(NCc1ccncc1)CO2. The van der Waals surface area contributed by atoms with Crippen LogP contribution in [-0.4, -0.2) is 17.6 Å². The Labute approximate surface area is 107 Å². The van der Waals surface area contributed by atoms with Crippen molar-refractivity contribution in [1.29, 1.82) is 0 Å². The number of rotatable bonds is 3. The Morgan fingerprint density at radius 1 is 1.17 bits per heavy atom. The summed E-state index contributed by atoms with van der Waals surface area (Å²) in [6.45, 7) is 1.60. The van der Waals surface area contributed by atoms with E-state index in [1.807, 2.05) is 36.7 Å². The maximum absolute atomic E-state index is 5.75. The van der Waals surface area contributed by atoms with Gasteiger partial charge in [-0.05, 0) is 35.7 Å². The minimum Gasteiger partial charge on any atom is -0.492 e. The summed E-state index contributed by atoms with van der Waals surface area (Å²) in [5, 5.41) is 3.53. The summed E-state index contributed by atoms with van der Waals surface area (Å²) < 4.78 is 5.75. The van der Waals surface area contributed by atoms with E-state index in [1.165, 1.54) is 11.1 Å². The Morgan fingerprint density at radius 2 is 2.00 bits per heavy atom. The molecule has 18 heavy (non-hydrogen) atoms. The Kier molecular flexibility index (Phi) is 3.24. The Balaban J connectivity index is 1.60. The normalized spacial score (nSPS) is 17.9. The first-order valence-corrected chi connectivity index (χ1v) is 6.25. The molecule has 0 saturated carbocycles. The standard InChI is InChI=1S/C15H16N2O/c1-2-4-15-13(3-1)9-14(11-18-15)17-10-12-5-7-16-8-6-12/h1-8,14,17H,9-11H2. The van der Waals surface area contributed by atoms with Crippen molar-refractivity contribution in [3.05, 3.63) is 59.9 Å². The first-order valence-electron chi connectivity index (χ1n) is 6.25. The van der Waals surface area contributed by atoms with Gasteiger partial charge in [0, 0.05) is 25.0 Å². The van der Waals surface area contributed by atoms with E-state index in [2.05, 4.69) is 22.4 Å². The first kappa shape index (κ1) is 11.2. The van der Waals surface area contributed by atoms with Crippen LogP contribution in [0.25, 0.3) is 0 Å². The van der Waals surface area contributed by atoms with Crippen molar-refractivity contribution in [2.75, 3.05) is 6.61 Å². The molecule has 0 amide bonds. The average Bonchev–Trinajstić information content (AvgIpc) is 2.46. The summed E-state index contributed by atoms with van der Waals surface area (Å²) in [4.78, 5) is 4.02. The number of hydrogen-bond acceptors (Lipinski definition) is 3. The molecule has 1 aromatic heterocycles. The largest absolute Gasteiger partial charge is 0.492 e. The fraction of sp³-hybridized carbons (Fsp3) is 0.267. The molecule has 1 aliphatic heterocycles. The molecule has 1 atom stereocenters. The zero-order valence-corrected chi connectivity index (χ0v) is 10.2. The van der Waals surface area contributed by atoms with Crippen molar-refractivity contribution in [3.63, 3.8) is 0 Å². The maximum Gasteiger partial charge on any atom is 0.122 e. The molecule has 2 aromatic rings. The van der Waals surface area contributed by atoms with Crippen molar-refractivity contribution >= 4 is 0 Å². The zero-order chi connectivity index (χ0) is 12.2. The summed E-state index contributed by atoms with van der Waals surface area (Å²) >= 11 is 0. The predicted molar refractivity (Wildman–Crippen MR) is 70.5 cm³/mol. The highest BCUT2D eigenvalue weighted by atomic mass is 16.5. The Morgan fingerprint density at radius 3 is 2.89 bits per heavy atom. The zero-order valence-electron chi connectivity index (χ0n) is 10.2. The van der Waals surface area contributed by atoms with E-state index in [9.17, 15) is 0 Å². The molecule has 1 aliphatic rings. The van der Waals surface area contributed by atoms with Gasteiger partial charge in [-0.1, -0.05) is 18.2 Å². The molecule has 0 saturated heterocycles. The number of aromatic nitrogens is 1. The van der Waals surface area contributed by atoms with E-state index in [-0.39, 0.29) is 0 Å². The Hall–Kier alpha value is -1.87. The van der Waals surface area contributed by atoms with Gasteiger partial charge in [0.25, 0.3) is 0 Å². The number of benzene rings is 1. The van der Waals surface area contributed by atoms with Gasteiger partial charge in [0.2, 0.25) is 0 Å². The lowest BCUT2D eigenvalue weighted by Gasteiger charge is -2.26. The fourth-order valence-corrected chi connectivity index (χ4v) is 2.22. The number of hydrogen-bond donors (Lipinski definition) is 1. The van der Waals surface area contributed by atoms with Crippen LogP contribution in [0, 0.1) is 0 Å². The number of fused-ring (bicyclic) bond motifs is 1. The lowest BCUT2D eigenvalue weighted by Crippen LogP contribution is -2.38. The van der Waals surface area contributed by atoms with E-state index in [1.54, 1.807) is 0 Å². The summed E-state index contributed by atoms with van der Waals surface area (Å²) in [5.41, 5.74) is 2.54. The Bertz CT molecular complexity index is 513. The van der Waals surface area contributed by atoms with Crippen LogP contribution in [-0.2, 0) is 13.0 Å². The van der Waals surface area contributed by atoms with Crippen LogP contribution in [0.15, 0.2) is 48.8 Å². The quantitative estimate of drug-likeness (QED) is 0.893. The lowest BCUT2D eigenvalue weighted by molar-refractivity contribution is 0.238. The molecule has 0 bridgehead atoms. The van der Waals surface area contributed by atoms with Crippen LogP contribution in [0.5, 0.6) is 5.75 Å². The molecule has 1 aromatic carbocycles. The third kappa shape index (κ3) is 2.51. The van der Waals surface area contributed by atoms with Gasteiger partial charge < -0.3 is 10.1 Å². The van der Waals surface area contributed by atoms with E-state index in [0.717, 1.165) is 25.3 Å². The maximum atomic E-state index is 5.75. The third-order valence-corrected chi connectivity index (χ3v) is 3.22. The van der Waals surface area contributed by atoms with Crippen LogP contribution >= 0.6 is 0 Å². The lowest BCUT2D eigenvalue weighted by atomic mass is 10.0. The summed E-state index contributed by atoms with van der Waals surface area (Å²) in [7, 11) is 0. The molecule has 0 radical (unpaired) electrons. The predicted octanol–water partition coefficient (Wildman–Crippen LogP) is 2.17. The highest BCUT2D eigenvalue weighted by molar-refractivity contribution is 5.35. The molecule has 0 fully saturated rings. The van der Waals surface area contributed by atoms with Gasteiger partial charge in [0.15, 0.2) is 0 Å². The minimum atomic E-state index is 0.382. The van der Waals surface area contributed by atoms with Crippen molar-refractivity contribution in [1.82, 2.24) is 10.3 Å². The van der Waals surface area contributed by atoms with E-state index >= 15 is 0 Å². The van der Waals surface area contributed by atoms with Crippen LogP contribution in [0.4, 0.5) is 0 Å². The van der Waals surface area contributed by atoms with Gasteiger partial charge in [0.05, 0.1) is 0 Å². The number of nitrogens with zero attached hydrogens (tertiary/aromatic N) is 1. The van der Waals surface area contributed by atoms with Gasteiger partial charge >= 0.3 is 0 Å². The second kappa shape index (κ2) is 5.19.